The van der Waals surface area contributed by atoms with Gasteiger partial charge in [0.2, 0.25) is 0 Å². The average Bonchev–Trinajstić information content (AvgIpc) is 3.20. The van der Waals surface area contributed by atoms with Crippen LogP contribution >= 0.6 is 0 Å². The molecule has 5 heteroatoms. The Kier molecular flexibility index (Phi) is 7.95. The third-order valence-electron chi connectivity index (χ3n) is 13.9. The zero-order valence-corrected chi connectivity index (χ0v) is 26.1. The van der Waals surface area contributed by atoms with Gasteiger partial charge in [0, 0.05) is 11.3 Å². The molecule has 41 heavy (non-hydrogen) atoms. The van der Waals surface area contributed by atoms with Crippen LogP contribution in [0.2, 0.25) is 0 Å². The quantitative estimate of drug-likeness (QED) is 0.300. The highest BCUT2D eigenvalue weighted by Gasteiger charge is 2.70. The predicted molar refractivity (Wildman–Crippen MR) is 161 cm³/mol. The molecule has 5 nitrogen and oxygen atoms in total. The highest BCUT2D eigenvalue weighted by atomic mass is 16.3. The first kappa shape index (κ1) is 30.0. The van der Waals surface area contributed by atoms with Gasteiger partial charge in [-0.15, -0.1) is 0 Å². The highest BCUT2D eigenvalue weighted by Crippen LogP contribution is 2.71. The maximum absolute atomic E-state index is 13.6. The van der Waals surface area contributed by atoms with E-state index in [-0.39, 0.29) is 34.9 Å². The number of aliphatic hydroxyl groups excluding tert-OH is 3. The third-order valence-corrected chi connectivity index (χ3v) is 13.9. The predicted octanol–water partition coefficient (Wildman–Crippen LogP) is 6.28. The van der Waals surface area contributed by atoms with Crippen LogP contribution in [0.3, 0.4) is 0 Å². The topological polar surface area (TPSA) is 98.0 Å². The van der Waals surface area contributed by atoms with Crippen molar-refractivity contribution in [2.24, 2.45) is 46.3 Å². The zero-order valence-electron chi connectivity index (χ0n) is 26.1. The van der Waals surface area contributed by atoms with Crippen molar-refractivity contribution in [2.75, 3.05) is 0 Å². The largest absolute Gasteiger partial charge is 0.392 e. The molecule has 5 saturated carbocycles. The van der Waals surface area contributed by atoms with Crippen molar-refractivity contribution in [3.8, 4) is 0 Å². The molecule has 0 radical (unpaired) electrons. The molecule has 6 aliphatic carbocycles. The summed E-state index contributed by atoms with van der Waals surface area (Å²) in [5.41, 5.74) is 2.09. The fourth-order valence-corrected chi connectivity index (χ4v) is 11.6. The van der Waals surface area contributed by atoms with Crippen LogP contribution in [-0.4, -0.2) is 50.1 Å². The van der Waals surface area contributed by atoms with Gasteiger partial charge in [0.05, 0.1) is 23.9 Å². The van der Waals surface area contributed by atoms with Gasteiger partial charge in [-0.25, -0.2) is 0 Å². The fraction of sp³-hybridized carbons (Fsp3) is 0.861. The van der Waals surface area contributed by atoms with Gasteiger partial charge in [0.15, 0.2) is 5.78 Å². The van der Waals surface area contributed by atoms with Gasteiger partial charge in [-0.05, 0) is 124 Å². The Bertz CT molecular complexity index is 1080. The Labute approximate surface area is 247 Å². The molecule has 0 spiro atoms. The van der Waals surface area contributed by atoms with Crippen LogP contribution in [0.25, 0.3) is 0 Å². The van der Waals surface area contributed by atoms with E-state index in [1.165, 1.54) is 37.7 Å². The number of fused-ring (bicyclic) bond motifs is 4. The van der Waals surface area contributed by atoms with Gasteiger partial charge in [0.25, 0.3) is 0 Å². The molecule has 0 heterocycles. The minimum atomic E-state index is -1.06. The molecule has 4 N–H and O–H groups in total. The number of rotatable bonds is 4. The SMILES string of the molecule is CC(C)C(C[C@@H](O)[C@H]1CCCC[C@H]2C[C@H]3C(=CC(=O)[C@@H]4C[C@@H](O)[C@@H](O)C[C@@]43C)[C@]3(O)CC[C@H]1[C@@]23C)=C1CCCCC1. The lowest BCUT2D eigenvalue weighted by atomic mass is 9.42. The number of carbonyl (C=O) groups excluding carboxylic acids is 1. The lowest BCUT2D eigenvalue weighted by Crippen LogP contribution is -2.64. The number of carbonyl (C=O) groups is 1. The molecule has 0 saturated heterocycles. The number of ketones is 1. The van der Waals surface area contributed by atoms with Crippen LogP contribution in [0, 0.1) is 46.3 Å². The van der Waals surface area contributed by atoms with Gasteiger partial charge in [-0.1, -0.05) is 58.1 Å². The Morgan fingerprint density at radius 3 is 2.37 bits per heavy atom. The molecule has 0 aromatic heterocycles. The van der Waals surface area contributed by atoms with Gasteiger partial charge >= 0.3 is 0 Å². The van der Waals surface area contributed by atoms with E-state index in [0.717, 1.165) is 50.5 Å². The van der Waals surface area contributed by atoms with Crippen LogP contribution in [0.5, 0.6) is 0 Å². The summed E-state index contributed by atoms with van der Waals surface area (Å²) in [4.78, 5) is 13.6. The molecule has 0 unspecified atom stereocenters. The van der Waals surface area contributed by atoms with Crippen LogP contribution in [0.15, 0.2) is 22.8 Å². The smallest absolute Gasteiger partial charge is 0.159 e. The van der Waals surface area contributed by atoms with E-state index in [1.54, 1.807) is 11.6 Å². The van der Waals surface area contributed by atoms with E-state index in [4.69, 9.17) is 0 Å². The van der Waals surface area contributed by atoms with E-state index >= 15 is 0 Å². The van der Waals surface area contributed by atoms with Crippen molar-refractivity contribution in [3.05, 3.63) is 22.8 Å². The molecule has 0 bridgehead atoms. The summed E-state index contributed by atoms with van der Waals surface area (Å²) in [6.07, 6.45) is 14.2. The van der Waals surface area contributed by atoms with E-state index in [9.17, 15) is 25.2 Å². The summed E-state index contributed by atoms with van der Waals surface area (Å²) in [6.45, 7) is 9.02. The lowest BCUT2D eigenvalue weighted by molar-refractivity contribution is -0.171. The molecular formula is C36H56O5. The summed E-state index contributed by atoms with van der Waals surface area (Å²) >= 11 is 0. The Hall–Kier alpha value is -1.01. The second-order valence-electron chi connectivity index (χ2n) is 16.0. The number of hydrogen-bond donors (Lipinski definition) is 4. The average molecular weight is 569 g/mol. The monoisotopic (exact) mass is 568 g/mol. The Balaban J connectivity index is 1.35. The first-order valence-electron chi connectivity index (χ1n) is 17.1. The van der Waals surface area contributed by atoms with Gasteiger partial charge in [0.1, 0.15) is 0 Å². The summed E-state index contributed by atoms with van der Waals surface area (Å²) < 4.78 is 0. The van der Waals surface area contributed by atoms with Crippen molar-refractivity contribution >= 4 is 5.78 Å². The highest BCUT2D eigenvalue weighted by molar-refractivity contribution is 5.95. The summed E-state index contributed by atoms with van der Waals surface area (Å²) in [7, 11) is 0. The van der Waals surface area contributed by atoms with Crippen molar-refractivity contribution in [1.82, 2.24) is 0 Å². The minimum absolute atomic E-state index is 0.0201. The van der Waals surface area contributed by atoms with E-state index in [2.05, 4.69) is 27.7 Å². The van der Waals surface area contributed by atoms with Gasteiger partial charge < -0.3 is 20.4 Å². The molecule has 5 fully saturated rings. The molecule has 0 aliphatic heterocycles. The normalized spacial score (nSPS) is 47.0. The second kappa shape index (κ2) is 10.9. The molecule has 6 rings (SSSR count). The maximum Gasteiger partial charge on any atom is 0.159 e. The molecule has 6 aliphatic rings. The maximum atomic E-state index is 13.6. The minimum Gasteiger partial charge on any atom is -0.392 e. The van der Waals surface area contributed by atoms with Crippen molar-refractivity contribution < 1.29 is 25.2 Å². The summed E-state index contributed by atoms with van der Waals surface area (Å²) in [5.74, 6) is 0.896. The first-order valence-corrected chi connectivity index (χ1v) is 17.1. The zero-order chi connectivity index (χ0) is 29.3. The van der Waals surface area contributed by atoms with E-state index in [0.29, 0.717) is 31.1 Å². The third kappa shape index (κ3) is 4.57. The van der Waals surface area contributed by atoms with E-state index in [1.807, 2.05) is 0 Å². The lowest BCUT2D eigenvalue weighted by Gasteiger charge is -2.63. The van der Waals surface area contributed by atoms with Crippen LogP contribution < -0.4 is 0 Å². The molecule has 230 valence electrons. The summed E-state index contributed by atoms with van der Waals surface area (Å²) in [6, 6.07) is 0. The van der Waals surface area contributed by atoms with Crippen molar-refractivity contribution in [3.63, 3.8) is 0 Å². The first-order chi connectivity index (χ1) is 19.4. The molecule has 11 atom stereocenters. The molecule has 0 aromatic rings. The van der Waals surface area contributed by atoms with E-state index < -0.39 is 29.3 Å². The molecule has 0 amide bonds. The number of allylic oxidation sites excluding steroid dienone is 2. The number of aliphatic hydroxyl groups is 4. The number of hydrogen-bond acceptors (Lipinski definition) is 5. The Morgan fingerprint density at radius 1 is 0.951 bits per heavy atom. The van der Waals surface area contributed by atoms with Crippen molar-refractivity contribution in [1.29, 1.82) is 0 Å². The van der Waals surface area contributed by atoms with Crippen molar-refractivity contribution in [2.45, 2.75) is 148 Å². The van der Waals surface area contributed by atoms with Gasteiger partial charge in [-0.2, -0.15) is 0 Å². The standard InChI is InChI=1S/C36H56O5/c1-21(2)25(22-10-6-5-7-11-22)17-30(37)24-13-9-8-12-23-16-27-28(36(41)15-14-26(24)35(23,36)4)18-31(38)29-19-32(39)33(40)20-34(27,29)3/h18,21,23-24,26-27,29-30,32-33,37,39-41H,5-17,19-20H2,1-4H3/t23-,24-,26+,27-,29-,30+,32+,33-,34+,35+,36+/m0/s1. The van der Waals surface area contributed by atoms with Gasteiger partial charge in [-0.3, -0.25) is 4.79 Å². The fourth-order valence-electron chi connectivity index (χ4n) is 11.6. The van der Waals surface area contributed by atoms with Crippen LogP contribution in [0.1, 0.15) is 124 Å². The van der Waals surface area contributed by atoms with Crippen LogP contribution in [-0.2, 0) is 4.79 Å². The molecular weight excluding hydrogens is 512 g/mol. The second-order valence-corrected chi connectivity index (χ2v) is 16.0. The van der Waals surface area contributed by atoms with Crippen LogP contribution in [0.4, 0.5) is 0 Å². The molecule has 0 aromatic carbocycles. The summed E-state index contributed by atoms with van der Waals surface area (Å²) in [5, 5.41) is 46.1. The Morgan fingerprint density at radius 2 is 1.66 bits per heavy atom.